The summed E-state index contributed by atoms with van der Waals surface area (Å²) in [6.45, 7) is 0. The van der Waals surface area contributed by atoms with Crippen molar-refractivity contribution in [1.29, 1.82) is 0 Å². The van der Waals surface area contributed by atoms with Gasteiger partial charge in [0.15, 0.2) is 0 Å². The molecule has 0 aliphatic heterocycles. The lowest BCUT2D eigenvalue weighted by atomic mass is 9.91. The summed E-state index contributed by atoms with van der Waals surface area (Å²) in [6, 6.07) is 46.4. The maximum Gasteiger partial charge on any atom is 0.0468 e. The van der Waals surface area contributed by atoms with Crippen molar-refractivity contribution in [3.05, 3.63) is 127 Å². The predicted molar refractivity (Wildman–Crippen MR) is 149 cm³/mol. The molecular formula is C34H21N. The van der Waals surface area contributed by atoms with E-state index >= 15 is 0 Å². The maximum absolute atomic E-state index is 2.39. The zero-order valence-electron chi connectivity index (χ0n) is 19.1. The van der Waals surface area contributed by atoms with Crippen molar-refractivity contribution < 1.29 is 0 Å². The fourth-order valence-corrected chi connectivity index (χ4v) is 6.02. The van der Waals surface area contributed by atoms with Crippen LogP contribution in [0.25, 0.3) is 54.6 Å². The van der Waals surface area contributed by atoms with Crippen LogP contribution in [0.3, 0.4) is 0 Å². The minimum absolute atomic E-state index is 1.16. The standard InChI is InChI=1S/C34H21N/c1-3-10-25(11-4-1)35(26-12-5-2-6-13-26)27-17-19-28-30(21-27)29-18-16-23-15-14-22-8-7-9-24-20-31(28)34(29)33(23)32(22)24/h1-21H. The van der Waals surface area contributed by atoms with Gasteiger partial charge in [0.25, 0.3) is 0 Å². The van der Waals surface area contributed by atoms with Gasteiger partial charge in [-0.05, 0) is 97.0 Å². The van der Waals surface area contributed by atoms with Crippen LogP contribution >= 0.6 is 0 Å². The molecule has 8 rings (SSSR count). The van der Waals surface area contributed by atoms with Gasteiger partial charge in [-0.3, -0.25) is 0 Å². The number of benzene rings is 7. The van der Waals surface area contributed by atoms with Gasteiger partial charge in [0, 0.05) is 17.1 Å². The fourth-order valence-electron chi connectivity index (χ4n) is 6.02. The minimum Gasteiger partial charge on any atom is -0.310 e. The number of fused-ring (bicyclic) bond motifs is 3. The van der Waals surface area contributed by atoms with E-state index in [0.717, 1.165) is 11.4 Å². The highest BCUT2D eigenvalue weighted by Gasteiger charge is 2.25. The molecule has 7 aromatic rings. The number of rotatable bonds is 3. The van der Waals surface area contributed by atoms with Crippen LogP contribution in [0.4, 0.5) is 17.1 Å². The summed E-state index contributed by atoms with van der Waals surface area (Å²) in [5.74, 6) is 0. The molecule has 162 valence electrons. The van der Waals surface area contributed by atoms with E-state index in [1.807, 2.05) is 0 Å². The lowest BCUT2D eigenvalue weighted by Gasteiger charge is -2.26. The zero-order valence-corrected chi connectivity index (χ0v) is 19.1. The number of nitrogens with zero attached hydrogens (tertiary/aromatic N) is 1. The van der Waals surface area contributed by atoms with Crippen molar-refractivity contribution in [2.45, 2.75) is 0 Å². The summed E-state index contributed by atoms with van der Waals surface area (Å²) in [6.07, 6.45) is 0. The molecule has 0 radical (unpaired) electrons. The molecule has 0 saturated carbocycles. The lowest BCUT2D eigenvalue weighted by Crippen LogP contribution is -2.09. The molecule has 0 aromatic heterocycles. The van der Waals surface area contributed by atoms with Gasteiger partial charge in [-0.25, -0.2) is 0 Å². The van der Waals surface area contributed by atoms with Crippen LogP contribution in [0.15, 0.2) is 127 Å². The van der Waals surface area contributed by atoms with Gasteiger partial charge in [0.05, 0.1) is 0 Å². The number of hydrogen-bond donors (Lipinski definition) is 0. The van der Waals surface area contributed by atoms with Crippen LogP contribution in [0.2, 0.25) is 0 Å². The molecule has 1 aliphatic carbocycles. The van der Waals surface area contributed by atoms with Crippen molar-refractivity contribution in [3.63, 3.8) is 0 Å². The number of anilines is 3. The third-order valence-electron chi connectivity index (χ3n) is 7.50. The van der Waals surface area contributed by atoms with Crippen LogP contribution < -0.4 is 4.90 Å². The third-order valence-corrected chi connectivity index (χ3v) is 7.50. The Bertz CT molecular complexity index is 1840. The molecule has 1 aliphatic rings. The normalized spacial score (nSPS) is 12.0. The smallest absolute Gasteiger partial charge is 0.0468 e. The summed E-state index contributed by atoms with van der Waals surface area (Å²) in [5.41, 5.74) is 8.81. The van der Waals surface area contributed by atoms with E-state index in [1.54, 1.807) is 0 Å². The Morgan fingerprint density at radius 3 is 1.69 bits per heavy atom. The van der Waals surface area contributed by atoms with Crippen molar-refractivity contribution in [3.8, 4) is 22.3 Å². The molecule has 0 spiro atoms. The molecule has 0 atom stereocenters. The first kappa shape index (κ1) is 18.8. The summed E-state index contributed by atoms with van der Waals surface area (Å²) in [4.78, 5) is 2.34. The van der Waals surface area contributed by atoms with Crippen LogP contribution in [-0.4, -0.2) is 0 Å². The first-order valence-corrected chi connectivity index (χ1v) is 12.1. The first-order valence-electron chi connectivity index (χ1n) is 12.1. The van der Waals surface area contributed by atoms with Gasteiger partial charge >= 0.3 is 0 Å². The highest BCUT2D eigenvalue weighted by atomic mass is 15.1. The minimum atomic E-state index is 1.16. The molecule has 1 nitrogen and oxygen atoms in total. The van der Waals surface area contributed by atoms with Gasteiger partial charge in [0.2, 0.25) is 0 Å². The molecular weight excluding hydrogens is 422 g/mol. The van der Waals surface area contributed by atoms with E-state index in [4.69, 9.17) is 0 Å². The monoisotopic (exact) mass is 443 g/mol. The molecule has 0 saturated heterocycles. The van der Waals surface area contributed by atoms with E-state index in [1.165, 1.54) is 60.3 Å². The van der Waals surface area contributed by atoms with Crippen molar-refractivity contribution in [1.82, 2.24) is 0 Å². The zero-order chi connectivity index (χ0) is 22.9. The molecule has 0 heterocycles. The lowest BCUT2D eigenvalue weighted by molar-refractivity contribution is 1.28. The molecule has 0 unspecified atom stereocenters. The highest BCUT2D eigenvalue weighted by Crippen LogP contribution is 2.53. The molecule has 0 amide bonds. The van der Waals surface area contributed by atoms with Crippen LogP contribution in [0.1, 0.15) is 0 Å². The summed E-state index contributed by atoms with van der Waals surface area (Å²) >= 11 is 0. The predicted octanol–water partition coefficient (Wildman–Crippen LogP) is 9.70. The van der Waals surface area contributed by atoms with Crippen LogP contribution in [0, 0.1) is 0 Å². The van der Waals surface area contributed by atoms with Crippen LogP contribution in [0.5, 0.6) is 0 Å². The van der Waals surface area contributed by atoms with Gasteiger partial charge in [-0.1, -0.05) is 84.9 Å². The number of para-hydroxylation sites is 2. The Morgan fingerprint density at radius 2 is 0.943 bits per heavy atom. The van der Waals surface area contributed by atoms with E-state index in [0.29, 0.717) is 0 Å². The highest BCUT2D eigenvalue weighted by molar-refractivity contribution is 6.32. The quantitative estimate of drug-likeness (QED) is 0.246. The molecule has 35 heavy (non-hydrogen) atoms. The SMILES string of the molecule is c1ccc(N(c2ccccc2)c2ccc3c(c2)-c2ccc4ccc5cccc6cc-3c2c4c56)cc1. The summed E-state index contributed by atoms with van der Waals surface area (Å²) in [5, 5.41) is 8.12. The molecule has 0 fully saturated rings. The maximum atomic E-state index is 2.39. The Morgan fingerprint density at radius 1 is 0.314 bits per heavy atom. The van der Waals surface area contributed by atoms with E-state index in [9.17, 15) is 0 Å². The Kier molecular flexibility index (Phi) is 3.72. The first-order chi connectivity index (χ1) is 17.4. The van der Waals surface area contributed by atoms with Gasteiger partial charge in [0.1, 0.15) is 0 Å². The second-order valence-electron chi connectivity index (χ2n) is 9.39. The molecule has 0 N–H and O–H groups in total. The van der Waals surface area contributed by atoms with Crippen molar-refractivity contribution in [2.24, 2.45) is 0 Å². The molecule has 0 bridgehead atoms. The summed E-state index contributed by atoms with van der Waals surface area (Å²) < 4.78 is 0. The van der Waals surface area contributed by atoms with Gasteiger partial charge in [-0.15, -0.1) is 0 Å². The average Bonchev–Trinajstić information content (AvgIpc) is 3.24. The molecule has 1 heteroatoms. The second kappa shape index (κ2) is 6.94. The average molecular weight is 444 g/mol. The van der Waals surface area contributed by atoms with E-state index in [2.05, 4.69) is 132 Å². The van der Waals surface area contributed by atoms with Gasteiger partial charge in [-0.2, -0.15) is 0 Å². The Labute approximate surface area is 203 Å². The Balaban J connectivity index is 1.41. The van der Waals surface area contributed by atoms with Crippen molar-refractivity contribution in [2.75, 3.05) is 4.90 Å². The van der Waals surface area contributed by atoms with Crippen molar-refractivity contribution >= 4 is 49.4 Å². The topological polar surface area (TPSA) is 3.24 Å². The second-order valence-corrected chi connectivity index (χ2v) is 9.39. The number of hydrogen-bond acceptors (Lipinski definition) is 1. The fraction of sp³-hybridized carbons (Fsp3) is 0. The van der Waals surface area contributed by atoms with Gasteiger partial charge < -0.3 is 4.90 Å². The van der Waals surface area contributed by atoms with Crippen LogP contribution in [-0.2, 0) is 0 Å². The third kappa shape index (κ3) is 2.58. The van der Waals surface area contributed by atoms with E-state index < -0.39 is 0 Å². The molecule has 7 aromatic carbocycles. The Hall–Kier alpha value is -4.62. The largest absolute Gasteiger partial charge is 0.310 e. The van der Waals surface area contributed by atoms with E-state index in [-0.39, 0.29) is 0 Å². The summed E-state index contributed by atoms with van der Waals surface area (Å²) in [7, 11) is 0.